The van der Waals surface area contributed by atoms with E-state index in [-0.39, 0.29) is 24.2 Å². The standard InChI is InChI=1S/C17H23NO3/c1-12-3-2-4-13(9-12)10-17(19)18-14-5-6-15-16(11-14)21-8-7-20-15/h2-4,9,14-16H,5-8,10-11H2,1H3,(H,18,19)/t14-,15+,16-/m1/s1. The van der Waals surface area contributed by atoms with Crippen molar-refractivity contribution in [2.75, 3.05) is 13.2 Å². The first kappa shape index (κ1) is 14.5. The van der Waals surface area contributed by atoms with Crippen molar-refractivity contribution < 1.29 is 14.3 Å². The summed E-state index contributed by atoms with van der Waals surface area (Å²) >= 11 is 0. The molecule has 1 heterocycles. The summed E-state index contributed by atoms with van der Waals surface area (Å²) in [6, 6.07) is 8.32. The Kier molecular flexibility index (Phi) is 4.56. The van der Waals surface area contributed by atoms with E-state index in [9.17, 15) is 4.79 Å². The van der Waals surface area contributed by atoms with Crippen molar-refractivity contribution in [3.8, 4) is 0 Å². The van der Waals surface area contributed by atoms with Crippen molar-refractivity contribution in [1.29, 1.82) is 0 Å². The molecule has 4 nitrogen and oxygen atoms in total. The molecular weight excluding hydrogens is 266 g/mol. The predicted octanol–water partition coefficient (Wildman–Crippen LogP) is 1.99. The number of aryl methyl sites for hydroxylation is 1. The molecule has 0 spiro atoms. The molecule has 1 saturated heterocycles. The van der Waals surface area contributed by atoms with E-state index < -0.39 is 0 Å². The van der Waals surface area contributed by atoms with Crippen LogP contribution in [0.2, 0.25) is 0 Å². The molecule has 1 aliphatic heterocycles. The van der Waals surface area contributed by atoms with Crippen LogP contribution in [0.15, 0.2) is 24.3 Å². The fraction of sp³-hybridized carbons (Fsp3) is 0.588. The maximum Gasteiger partial charge on any atom is 0.224 e. The molecule has 114 valence electrons. The highest BCUT2D eigenvalue weighted by atomic mass is 16.6. The van der Waals surface area contributed by atoms with Crippen molar-refractivity contribution >= 4 is 5.91 Å². The summed E-state index contributed by atoms with van der Waals surface area (Å²) in [6.45, 7) is 3.42. The summed E-state index contributed by atoms with van der Waals surface area (Å²) in [5, 5.41) is 3.15. The van der Waals surface area contributed by atoms with Gasteiger partial charge < -0.3 is 14.8 Å². The van der Waals surface area contributed by atoms with E-state index in [1.807, 2.05) is 25.1 Å². The van der Waals surface area contributed by atoms with Crippen LogP contribution in [0.5, 0.6) is 0 Å². The van der Waals surface area contributed by atoms with E-state index in [2.05, 4.69) is 11.4 Å². The minimum Gasteiger partial charge on any atom is -0.373 e. The molecule has 2 aliphatic rings. The number of carbonyl (C=O) groups is 1. The lowest BCUT2D eigenvalue weighted by Crippen LogP contribution is -2.49. The number of hydrogen-bond donors (Lipinski definition) is 1. The molecule has 1 N–H and O–H groups in total. The van der Waals surface area contributed by atoms with E-state index in [4.69, 9.17) is 9.47 Å². The van der Waals surface area contributed by atoms with Crippen LogP contribution in [0, 0.1) is 6.92 Å². The number of nitrogens with one attached hydrogen (secondary N) is 1. The topological polar surface area (TPSA) is 47.6 Å². The van der Waals surface area contributed by atoms with Gasteiger partial charge in [0.15, 0.2) is 0 Å². The minimum absolute atomic E-state index is 0.0979. The third-order valence-corrected chi connectivity index (χ3v) is 4.29. The number of amides is 1. The van der Waals surface area contributed by atoms with Gasteiger partial charge in [-0.3, -0.25) is 4.79 Å². The molecule has 0 radical (unpaired) electrons. The van der Waals surface area contributed by atoms with Crippen LogP contribution in [-0.4, -0.2) is 37.4 Å². The smallest absolute Gasteiger partial charge is 0.224 e. The van der Waals surface area contributed by atoms with E-state index in [0.29, 0.717) is 19.6 Å². The maximum absolute atomic E-state index is 12.2. The van der Waals surface area contributed by atoms with Crippen LogP contribution in [-0.2, 0) is 20.7 Å². The summed E-state index contributed by atoms with van der Waals surface area (Å²) in [5.74, 6) is 0.0979. The minimum atomic E-state index is 0.0979. The van der Waals surface area contributed by atoms with E-state index in [1.165, 1.54) is 5.56 Å². The number of benzene rings is 1. The molecular formula is C17H23NO3. The second kappa shape index (κ2) is 6.58. The Morgan fingerprint density at radius 1 is 1.24 bits per heavy atom. The second-order valence-electron chi connectivity index (χ2n) is 6.06. The lowest BCUT2D eigenvalue weighted by molar-refractivity contribution is -0.158. The summed E-state index contributed by atoms with van der Waals surface area (Å²) in [6.07, 6.45) is 3.64. The van der Waals surface area contributed by atoms with Gasteiger partial charge >= 0.3 is 0 Å². The summed E-state index contributed by atoms with van der Waals surface area (Å²) < 4.78 is 11.5. The van der Waals surface area contributed by atoms with Crippen molar-refractivity contribution in [1.82, 2.24) is 5.32 Å². The average Bonchev–Trinajstić information content (AvgIpc) is 2.47. The first-order valence-electron chi connectivity index (χ1n) is 7.79. The first-order chi connectivity index (χ1) is 10.2. The molecule has 0 aromatic heterocycles. The summed E-state index contributed by atoms with van der Waals surface area (Å²) in [4.78, 5) is 12.2. The van der Waals surface area contributed by atoms with Gasteiger partial charge in [-0.2, -0.15) is 0 Å². The Balaban J connectivity index is 1.51. The molecule has 1 amide bonds. The lowest BCUT2D eigenvalue weighted by Gasteiger charge is -2.39. The van der Waals surface area contributed by atoms with Gasteiger partial charge in [0.1, 0.15) is 0 Å². The maximum atomic E-state index is 12.2. The third kappa shape index (κ3) is 3.83. The zero-order valence-electron chi connectivity index (χ0n) is 12.5. The zero-order valence-corrected chi connectivity index (χ0v) is 12.5. The Labute approximate surface area is 125 Å². The van der Waals surface area contributed by atoms with Crippen molar-refractivity contribution in [3.05, 3.63) is 35.4 Å². The normalized spacial score (nSPS) is 28.7. The van der Waals surface area contributed by atoms with Crippen molar-refractivity contribution in [2.45, 2.75) is 50.9 Å². The largest absolute Gasteiger partial charge is 0.373 e. The molecule has 1 saturated carbocycles. The molecule has 0 bridgehead atoms. The Morgan fingerprint density at radius 2 is 2.05 bits per heavy atom. The van der Waals surface area contributed by atoms with Gasteiger partial charge in [0, 0.05) is 6.04 Å². The molecule has 1 aromatic carbocycles. The number of fused-ring (bicyclic) bond motifs is 1. The van der Waals surface area contributed by atoms with Crippen LogP contribution in [0.4, 0.5) is 0 Å². The van der Waals surface area contributed by atoms with Crippen LogP contribution < -0.4 is 5.32 Å². The highest BCUT2D eigenvalue weighted by Crippen LogP contribution is 2.26. The molecule has 21 heavy (non-hydrogen) atoms. The van der Waals surface area contributed by atoms with Crippen molar-refractivity contribution in [3.63, 3.8) is 0 Å². The molecule has 4 heteroatoms. The summed E-state index contributed by atoms with van der Waals surface area (Å²) in [7, 11) is 0. The van der Waals surface area contributed by atoms with Gasteiger partial charge in [0.05, 0.1) is 31.8 Å². The molecule has 1 aromatic rings. The summed E-state index contributed by atoms with van der Waals surface area (Å²) in [5.41, 5.74) is 2.26. The molecule has 1 aliphatic carbocycles. The SMILES string of the molecule is Cc1cccc(CC(=O)N[C@@H]2CC[C@@H]3OCCO[C@@H]3C2)c1. The monoisotopic (exact) mass is 289 g/mol. The van der Waals surface area contributed by atoms with E-state index in [0.717, 1.165) is 24.8 Å². The molecule has 3 rings (SSSR count). The van der Waals surface area contributed by atoms with Gasteiger partial charge in [-0.15, -0.1) is 0 Å². The third-order valence-electron chi connectivity index (χ3n) is 4.29. The Hall–Kier alpha value is -1.39. The van der Waals surface area contributed by atoms with E-state index >= 15 is 0 Å². The number of rotatable bonds is 3. The van der Waals surface area contributed by atoms with Crippen LogP contribution >= 0.6 is 0 Å². The van der Waals surface area contributed by atoms with Gasteiger partial charge in [0.2, 0.25) is 5.91 Å². The fourth-order valence-corrected chi connectivity index (χ4v) is 3.28. The van der Waals surface area contributed by atoms with E-state index in [1.54, 1.807) is 0 Å². The highest BCUT2D eigenvalue weighted by Gasteiger charge is 2.34. The molecule has 0 unspecified atom stereocenters. The number of ether oxygens (including phenoxy) is 2. The highest BCUT2D eigenvalue weighted by molar-refractivity contribution is 5.78. The predicted molar refractivity (Wildman–Crippen MR) is 80.1 cm³/mol. The lowest BCUT2D eigenvalue weighted by atomic mass is 9.89. The van der Waals surface area contributed by atoms with Crippen LogP contribution in [0.1, 0.15) is 30.4 Å². The Morgan fingerprint density at radius 3 is 2.86 bits per heavy atom. The van der Waals surface area contributed by atoms with Crippen LogP contribution in [0.3, 0.4) is 0 Å². The van der Waals surface area contributed by atoms with Gasteiger partial charge in [-0.25, -0.2) is 0 Å². The molecule has 2 fully saturated rings. The number of carbonyl (C=O) groups excluding carboxylic acids is 1. The quantitative estimate of drug-likeness (QED) is 0.925. The van der Waals surface area contributed by atoms with Gasteiger partial charge in [-0.05, 0) is 31.7 Å². The average molecular weight is 289 g/mol. The Bertz CT molecular complexity index is 503. The number of hydrogen-bond acceptors (Lipinski definition) is 3. The molecule has 3 atom stereocenters. The zero-order chi connectivity index (χ0) is 14.7. The van der Waals surface area contributed by atoms with Gasteiger partial charge in [0.25, 0.3) is 0 Å². The van der Waals surface area contributed by atoms with Crippen LogP contribution in [0.25, 0.3) is 0 Å². The second-order valence-corrected chi connectivity index (χ2v) is 6.06. The fourth-order valence-electron chi connectivity index (χ4n) is 3.28. The first-order valence-corrected chi connectivity index (χ1v) is 7.79. The van der Waals surface area contributed by atoms with Crippen molar-refractivity contribution in [2.24, 2.45) is 0 Å². The van der Waals surface area contributed by atoms with Gasteiger partial charge in [-0.1, -0.05) is 29.8 Å².